The normalized spacial score (nSPS) is 30.6. The average Bonchev–Trinajstić information content (AvgIpc) is 2.70. The number of carbonyl (C=O) groups excluding carboxylic acids is 2. The molecular formula is C23H31NO4S. The molecule has 1 aromatic carbocycles. The molecule has 29 heavy (non-hydrogen) atoms. The van der Waals surface area contributed by atoms with Crippen LogP contribution in [-0.2, 0) is 14.3 Å². The first-order chi connectivity index (χ1) is 14.0. The number of esters is 1. The van der Waals surface area contributed by atoms with E-state index in [4.69, 9.17) is 9.47 Å². The summed E-state index contributed by atoms with van der Waals surface area (Å²) in [6.07, 6.45) is 7.92. The van der Waals surface area contributed by atoms with Crippen molar-refractivity contribution in [3.05, 3.63) is 24.3 Å². The highest BCUT2D eigenvalue weighted by atomic mass is 32.2. The summed E-state index contributed by atoms with van der Waals surface area (Å²) in [4.78, 5) is 25.4. The van der Waals surface area contributed by atoms with Crippen molar-refractivity contribution < 1.29 is 19.1 Å². The van der Waals surface area contributed by atoms with Gasteiger partial charge in [0.25, 0.3) is 5.91 Å². The van der Waals surface area contributed by atoms with Crippen LogP contribution in [-0.4, -0.2) is 37.4 Å². The molecule has 6 heteroatoms. The third-order valence-corrected chi connectivity index (χ3v) is 8.15. The van der Waals surface area contributed by atoms with Crippen LogP contribution in [0.15, 0.2) is 29.2 Å². The second kappa shape index (κ2) is 8.58. The van der Waals surface area contributed by atoms with Gasteiger partial charge in [-0.15, -0.1) is 11.8 Å². The van der Waals surface area contributed by atoms with Crippen LogP contribution in [0.3, 0.4) is 0 Å². The van der Waals surface area contributed by atoms with Gasteiger partial charge in [-0.2, -0.15) is 0 Å². The zero-order valence-corrected chi connectivity index (χ0v) is 18.1. The summed E-state index contributed by atoms with van der Waals surface area (Å²) in [7, 11) is 1.62. The lowest BCUT2D eigenvalue weighted by atomic mass is 9.48. The summed E-state index contributed by atoms with van der Waals surface area (Å²) < 4.78 is 10.3. The summed E-state index contributed by atoms with van der Waals surface area (Å²) in [5, 5.41) is 3.14. The van der Waals surface area contributed by atoms with Crippen LogP contribution in [0.5, 0.6) is 5.75 Å². The maximum Gasteiger partial charge on any atom is 0.316 e. The van der Waals surface area contributed by atoms with E-state index in [2.05, 4.69) is 12.2 Å². The van der Waals surface area contributed by atoms with Crippen LogP contribution in [0.25, 0.3) is 0 Å². The molecule has 0 radical (unpaired) electrons. The van der Waals surface area contributed by atoms with E-state index in [-0.39, 0.29) is 35.7 Å². The van der Waals surface area contributed by atoms with Crippen LogP contribution in [0.1, 0.15) is 45.4 Å². The molecule has 0 unspecified atom stereocenters. The smallest absolute Gasteiger partial charge is 0.316 e. The van der Waals surface area contributed by atoms with Crippen LogP contribution < -0.4 is 10.1 Å². The Morgan fingerprint density at radius 1 is 1.10 bits per heavy atom. The van der Waals surface area contributed by atoms with Gasteiger partial charge < -0.3 is 14.8 Å². The minimum atomic E-state index is -0.372. The van der Waals surface area contributed by atoms with Gasteiger partial charge >= 0.3 is 5.97 Å². The largest absolute Gasteiger partial charge is 0.497 e. The lowest BCUT2D eigenvalue weighted by molar-refractivity contribution is -0.147. The van der Waals surface area contributed by atoms with Gasteiger partial charge in [0.05, 0.1) is 12.9 Å². The van der Waals surface area contributed by atoms with E-state index in [1.807, 2.05) is 24.3 Å². The number of hydrogen-bond donors (Lipinski definition) is 1. The molecular weight excluding hydrogens is 386 g/mol. The molecule has 1 amide bonds. The number of benzene rings is 1. The molecule has 4 aliphatic carbocycles. The fraction of sp³-hybridized carbons (Fsp3) is 0.652. The minimum absolute atomic E-state index is 0.149. The van der Waals surface area contributed by atoms with Crippen LogP contribution >= 0.6 is 11.8 Å². The fourth-order valence-corrected chi connectivity index (χ4v) is 6.84. The monoisotopic (exact) mass is 417 g/mol. The van der Waals surface area contributed by atoms with E-state index >= 15 is 0 Å². The van der Waals surface area contributed by atoms with Crippen molar-refractivity contribution in [2.75, 3.05) is 19.5 Å². The number of carbonyl (C=O) groups is 2. The Hall–Kier alpha value is -1.69. The van der Waals surface area contributed by atoms with Crippen molar-refractivity contribution in [3.8, 4) is 5.75 Å². The molecule has 0 saturated heterocycles. The first-order valence-electron chi connectivity index (χ1n) is 10.7. The third kappa shape index (κ3) is 4.73. The van der Waals surface area contributed by atoms with Gasteiger partial charge in [0, 0.05) is 10.9 Å². The van der Waals surface area contributed by atoms with Gasteiger partial charge in [-0.25, -0.2) is 0 Å². The number of amides is 1. The van der Waals surface area contributed by atoms with Crippen molar-refractivity contribution in [1.29, 1.82) is 0 Å². The summed E-state index contributed by atoms with van der Waals surface area (Å²) >= 11 is 1.39. The topological polar surface area (TPSA) is 64.6 Å². The van der Waals surface area contributed by atoms with Gasteiger partial charge in [-0.1, -0.05) is 0 Å². The molecule has 1 N–H and O–H groups in total. The maximum atomic E-state index is 12.4. The highest BCUT2D eigenvalue weighted by molar-refractivity contribution is 8.00. The standard InChI is InChI=1S/C23H31NO4S/c1-15(23-10-16-7-17(11-23)9-18(8-16)12-23)24-21(25)13-28-22(26)14-29-20-5-3-19(27-2)4-6-20/h3-6,15-18H,7-14H2,1-2H3,(H,24,25)/t15-,16?,17?,18?,23?/m1/s1. The van der Waals surface area contributed by atoms with Crippen molar-refractivity contribution in [2.24, 2.45) is 23.2 Å². The van der Waals surface area contributed by atoms with Gasteiger partial charge in [0.15, 0.2) is 6.61 Å². The van der Waals surface area contributed by atoms with E-state index in [0.29, 0.717) is 0 Å². The van der Waals surface area contributed by atoms with Gasteiger partial charge in [0.2, 0.25) is 0 Å². The lowest BCUT2D eigenvalue weighted by Gasteiger charge is -2.59. The Balaban J connectivity index is 1.20. The second-order valence-corrected chi connectivity index (χ2v) is 10.2. The molecule has 4 bridgehead atoms. The number of methoxy groups -OCH3 is 1. The zero-order valence-electron chi connectivity index (χ0n) is 17.3. The van der Waals surface area contributed by atoms with Crippen molar-refractivity contribution in [2.45, 2.75) is 56.4 Å². The quantitative estimate of drug-likeness (QED) is 0.511. The van der Waals surface area contributed by atoms with Crippen molar-refractivity contribution in [1.82, 2.24) is 5.32 Å². The minimum Gasteiger partial charge on any atom is -0.497 e. The van der Waals surface area contributed by atoms with Crippen LogP contribution in [0.2, 0.25) is 0 Å². The molecule has 1 aromatic rings. The van der Waals surface area contributed by atoms with Gasteiger partial charge in [-0.3, -0.25) is 9.59 Å². The van der Waals surface area contributed by atoms with E-state index in [1.54, 1.807) is 7.11 Å². The van der Waals surface area contributed by atoms with Crippen molar-refractivity contribution >= 4 is 23.6 Å². The molecule has 0 spiro atoms. The first-order valence-corrected chi connectivity index (χ1v) is 11.7. The molecule has 5 nitrogen and oxygen atoms in total. The molecule has 4 aliphatic rings. The predicted octanol–water partition coefficient (Wildman–Crippen LogP) is 4.05. The Morgan fingerprint density at radius 3 is 2.24 bits per heavy atom. The molecule has 0 aliphatic heterocycles. The van der Waals surface area contributed by atoms with E-state index in [9.17, 15) is 9.59 Å². The number of nitrogens with one attached hydrogen (secondary N) is 1. The maximum absolute atomic E-state index is 12.4. The van der Waals surface area contributed by atoms with Crippen LogP contribution in [0.4, 0.5) is 0 Å². The van der Waals surface area contributed by atoms with E-state index in [0.717, 1.165) is 28.4 Å². The Labute approximate surface area is 177 Å². The number of hydrogen-bond acceptors (Lipinski definition) is 5. The zero-order chi connectivity index (χ0) is 20.4. The summed E-state index contributed by atoms with van der Waals surface area (Å²) in [5.41, 5.74) is 0.263. The predicted molar refractivity (Wildman–Crippen MR) is 113 cm³/mol. The summed E-state index contributed by atoms with van der Waals surface area (Å²) in [6.45, 7) is 1.95. The Bertz CT molecular complexity index is 712. The average molecular weight is 418 g/mol. The molecule has 4 saturated carbocycles. The first kappa shape index (κ1) is 20.6. The number of thioether (sulfide) groups is 1. The molecule has 158 valence electrons. The number of ether oxygens (including phenoxy) is 2. The molecule has 0 heterocycles. The van der Waals surface area contributed by atoms with Gasteiger partial charge in [-0.05, 0) is 92.9 Å². The second-order valence-electron chi connectivity index (χ2n) is 9.19. The Morgan fingerprint density at radius 2 is 1.69 bits per heavy atom. The molecule has 5 rings (SSSR count). The molecule has 0 aromatic heterocycles. The highest BCUT2D eigenvalue weighted by Crippen LogP contribution is 2.61. The van der Waals surface area contributed by atoms with E-state index in [1.165, 1.54) is 50.3 Å². The Kier molecular flexibility index (Phi) is 6.09. The van der Waals surface area contributed by atoms with Gasteiger partial charge in [0.1, 0.15) is 5.75 Å². The lowest BCUT2D eigenvalue weighted by Crippen LogP contribution is -2.56. The molecule has 1 atom stereocenters. The summed E-state index contributed by atoms with van der Waals surface area (Å²) in [6, 6.07) is 7.66. The third-order valence-electron chi connectivity index (χ3n) is 7.16. The van der Waals surface area contributed by atoms with E-state index < -0.39 is 0 Å². The fourth-order valence-electron chi connectivity index (χ4n) is 6.15. The SMILES string of the molecule is COc1ccc(SCC(=O)OCC(=O)N[C@H](C)C23CC4CC(CC(C4)C2)C3)cc1. The highest BCUT2D eigenvalue weighted by Gasteiger charge is 2.53. The molecule has 4 fully saturated rings. The number of rotatable bonds is 8. The van der Waals surface area contributed by atoms with Crippen molar-refractivity contribution in [3.63, 3.8) is 0 Å². The van der Waals surface area contributed by atoms with Crippen LogP contribution in [0, 0.1) is 23.2 Å². The summed E-state index contributed by atoms with van der Waals surface area (Å²) in [5.74, 6) is 2.97.